The molecule has 1 fully saturated rings. The molecule has 1 amide bonds. The molecule has 2 rings (SSSR count). The van der Waals surface area contributed by atoms with Crippen LogP contribution in [-0.2, 0) is 23.9 Å². The highest BCUT2D eigenvalue weighted by Gasteiger charge is 2.27. The molecule has 140 valence electrons. The number of nitrogens with zero attached hydrogens (tertiary/aromatic N) is 1. The largest absolute Gasteiger partial charge is 0.482 e. The summed E-state index contributed by atoms with van der Waals surface area (Å²) in [7, 11) is 0. The van der Waals surface area contributed by atoms with Crippen molar-refractivity contribution in [3.63, 3.8) is 0 Å². The highest BCUT2D eigenvalue weighted by Crippen LogP contribution is 2.28. The first-order valence-electron chi connectivity index (χ1n) is 7.85. The predicted molar refractivity (Wildman–Crippen MR) is 96.8 cm³/mol. The Morgan fingerprint density at radius 2 is 2.00 bits per heavy atom. The van der Waals surface area contributed by atoms with Gasteiger partial charge in [-0.1, -0.05) is 23.4 Å². The SMILES string of the molecule is CCOC(=O)/C=C1\SCC(=O)N1CCOC(=O)COc1ccc(Cl)cc1. The van der Waals surface area contributed by atoms with E-state index in [1.165, 1.54) is 22.7 Å². The van der Waals surface area contributed by atoms with E-state index < -0.39 is 11.9 Å². The standard InChI is InChI=1S/C17H18ClNO6S/c1-2-23-16(21)9-15-19(14(20)11-26-15)7-8-24-17(22)10-25-13-5-3-12(18)4-6-13/h3-6,9H,2,7-8,10-11H2,1H3/b15-9-. The lowest BCUT2D eigenvalue weighted by Crippen LogP contribution is -2.30. The molecule has 0 unspecified atom stereocenters. The summed E-state index contributed by atoms with van der Waals surface area (Å²) in [4.78, 5) is 36.5. The maximum Gasteiger partial charge on any atom is 0.344 e. The van der Waals surface area contributed by atoms with Crippen LogP contribution in [0.2, 0.25) is 5.02 Å². The molecule has 1 aromatic carbocycles. The molecule has 0 radical (unpaired) electrons. The van der Waals surface area contributed by atoms with E-state index >= 15 is 0 Å². The van der Waals surface area contributed by atoms with E-state index in [4.69, 9.17) is 25.8 Å². The van der Waals surface area contributed by atoms with Crippen LogP contribution < -0.4 is 4.74 Å². The lowest BCUT2D eigenvalue weighted by atomic mass is 10.3. The van der Waals surface area contributed by atoms with E-state index in [-0.39, 0.29) is 38.0 Å². The normalized spacial score (nSPS) is 15.2. The number of benzene rings is 1. The molecule has 0 saturated carbocycles. The second-order valence-corrected chi connectivity index (χ2v) is 6.46. The van der Waals surface area contributed by atoms with Gasteiger partial charge in [0.05, 0.1) is 30.0 Å². The summed E-state index contributed by atoms with van der Waals surface area (Å²) < 4.78 is 15.2. The Morgan fingerprint density at radius 3 is 2.69 bits per heavy atom. The number of carbonyl (C=O) groups is 3. The smallest absolute Gasteiger partial charge is 0.344 e. The number of rotatable bonds is 8. The monoisotopic (exact) mass is 399 g/mol. The quantitative estimate of drug-likeness (QED) is 0.489. The number of thioether (sulfide) groups is 1. The van der Waals surface area contributed by atoms with Crippen molar-refractivity contribution in [2.24, 2.45) is 0 Å². The van der Waals surface area contributed by atoms with Gasteiger partial charge in [-0.2, -0.15) is 0 Å². The molecule has 26 heavy (non-hydrogen) atoms. The third kappa shape index (κ3) is 6.27. The van der Waals surface area contributed by atoms with E-state index in [0.29, 0.717) is 15.8 Å². The molecule has 1 aliphatic rings. The fourth-order valence-corrected chi connectivity index (χ4v) is 3.10. The third-order valence-corrected chi connectivity index (χ3v) is 4.46. The van der Waals surface area contributed by atoms with Gasteiger partial charge in [-0.25, -0.2) is 9.59 Å². The number of halogens is 1. The molecule has 0 spiro atoms. The van der Waals surface area contributed by atoms with Gasteiger partial charge in [0.1, 0.15) is 12.4 Å². The van der Waals surface area contributed by atoms with Crippen molar-refractivity contribution in [3.05, 3.63) is 40.4 Å². The van der Waals surface area contributed by atoms with E-state index in [2.05, 4.69) is 0 Å². The Morgan fingerprint density at radius 1 is 1.27 bits per heavy atom. The van der Waals surface area contributed by atoms with Crippen LogP contribution in [0.1, 0.15) is 6.92 Å². The zero-order valence-electron chi connectivity index (χ0n) is 14.1. The summed E-state index contributed by atoms with van der Waals surface area (Å²) in [6, 6.07) is 6.58. The number of amides is 1. The van der Waals surface area contributed by atoms with Crippen LogP contribution >= 0.6 is 23.4 Å². The van der Waals surface area contributed by atoms with Gasteiger partial charge in [0, 0.05) is 5.02 Å². The van der Waals surface area contributed by atoms with E-state index in [1.807, 2.05) is 0 Å². The second-order valence-electron chi connectivity index (χ2n) is 5.03. The summed E-state index contributed by atoms with van der Waals surface area (Å²) in [5.74, 6) is -0.492. The Hall–Kier alpha value is -2.19. The number of esters is 2. The van der Waals surface area contributed by atoms with Crippen LogP contribution in [0.5, 0.6) is 5.75 Å². The van der Waals surface area contributed by atoms with Crippen molar-refractivity contribution >= 4 is 41.2 Å². The maximum absolute atomic E-state index is 11.9. The highest BCUT2D eigenvalue weighted by atomic mass is 35.5. The van der Waals surface area contributed by atoms with Gasteiger partial charge in [-0.05, 0) is 31.2 Å². The number of carbonyl (C=O) groups excluding carboxylic acids is 3. The van der Waals surface area contributed by atoms with Crippen LogP contribution in [0.4, 0.5) is 0 Å². The Bertz CT molecular complexity index is 691. The van der Waals surface area contributed by atoms with Gasteiger partial charge in [-0.3, -0.25) is 4.79 Å². The average molecular weight is 400 g/mol. The van der Waals surface area contributed by atoms with Crippen LogP contribution in [0, 0.1) is 0 Å². The van der Waals surface area contributed by atoms with E-state index in [1.54, 1.807) is 31.2 Å². The molecular weight excluding hydrogens is 382 g/mol. The molecule has 1 saturated heterocycles. The minimum Gasteiger partial charge on any atom is -0.482 e. The Balaban J connectivity index is 1.76. The second kappa shape index (κ2) is 10.1. The summed E-state index contributed by atoms with van der Waals surface area (Å²) in [6.07, 6.45) is 1.27. The Kier molecular flexibility index (Phi) is 7.80. The molecule has 0 N–H and O–H groups in total. The summed E-state index contributed by atoms with van der Waals surface area (Å²) in [5.41, 5.74) is 0. The first-order chi connectivity index (χ1) is 12.5. The van der Waals surface area contributed by atoms with Gasteiger partial charge in [-0.15, -0.1) is 0 Å². The topological polar surface area (TPSA) is 82.1 Å². The summed E-state index contributed by atoms with van der Waals surface area (Å²) >= 11 is 7.00. The van der Waals surface area contributed by atoms with Gasteiger partial charge in [0.15, 0.2) is 6.61 Å². The molecule has 0 bridgehead atoms. The summed E-state index contributed by atoms with van der Waals surface area (Å²) in [5, 5.41) is 1.06. The molecule has 9 heteroatoms. The van der Waals surface area contributed by atoms with Crippen LogP contribution in [0.25, 0.3) is 0 Å². The van der Waals surface area contributed by atoms with E-state index in [0.717, 1.165) is 0 Å². The van der Waals surface area contributed by atoms with Crippen molar-refractivity contribution < 1.29 is 28.6 Å². The predicted octanol–water partition coefficient (Wildman–Crippen LogP) is 2.24. The first-order valence-corrected chi connectivity index (χ1v) is 9.21. The molecule has 0 aliphatic carbocycles. The number of hydrogen-bond acceptors (Lipinski definition) is 7. The molecule has 0 aromatic heterocycles. The first kappa shape index (κ1) is 20.1. The minimum absolute atomic E-state index is 0.00469. The molecule has 1 aromatic rings. The number of hydrogen-bond donors (Lipinski definition) is 0. The van der Waals surface area contributed by atoms with Crippen molar-refractivity contribution in [3.8, 4) is 5.75 Å². The molecular formula is C17H18ClNO6S. The van der Waals surface area contributed by atoms with Crippen LogP contribution in [-0.4, -0.2) is 54.9 Å². The molecule has 0 atom stereocenters. The Labute approximate surface area is 160 Å². The van der Waals surface area contributed by atoms with Crippen LogP contribution in [0.15, 0.2) is 35.4 Å². The fourth-order valence-electron chi connectivity index (χ4n) is 2.02. The van der Waals surface area contributed by atoms with E-state index in [9.17, 15) is 14.4 Å². The average Bonchev–Trinajstić information content (AvgIpc) is 2.95. The molecule has 7 nitrogen and oxygen atoms in total. The summed E-state index contributed by atoms with van der Waals surface area (Å²) in [6.45, 7) is 1.86. The maximum atomic E-state index is 11.9. The van der Waals surface area contributed by atoms with Crippen molar-refractivity contribution in [2.45, 2.75) is 6.92 Å². The van der Waals surface area contributed by atoms with Crippen LogP contribution in [0.3, 0.4) is 0 Å². The minimum atomic E-state index is -0.560. The third-order valence-electron chi connectivity index (χ3n) is 3.19. The van der Waals surface area contributed by atoms with Gasteiger partial charge >= 0.3 is 11.9 Å². The molecule has 1 aliphatic heterocycles. The van der Waals surface area contributed by atoms with Gasteiger partial charge < -0.3 is 19.1 Å². The van der Waals surface area contributed by atoms with Gasteiger partial charge in [0.2, 0.25) is 5.91 Å². The lowest BCUT2D eigenvalue weighted by molar-refractivity contribution is -0.147. The van der Waals surface area contributed by atoms with Crippen molar-refractivity contribution in [2.75, 3.05) is 32.1 Å². The molecule has 1 heterocycles. The zero-order chi connectivity index (χ0) is 18.9. The lowest BCUT2D eigenvalue weighted by Gasteiger charge is -2.16. The number of ether oxygens (including phenoxy) is 3. The fraction of sp³-hybridized carbons (Fsp3) is 0.353. The highest BCUT2D eigenvalue weighted by molar-refractivity contribution is 8.04. The zero-order valence-corrected chi connectivity index (χ0v) is 15.7. The van der Waals surface area contributed by atoms with Crippen molar-refractivity contribution in [1.29, 1.82) is 0 Å². The van der Waals surface area contributed by atoms with Gasteiger partial charge in [0.25, 0.3) is 0 Å². The van der Waals surface area contributed by atoms with Crippen molar-refractivity contribution in [1.82, 2.24) is 4.90 Å².